The fraction of sp³-hybridized carbons (Fsp3) is 0.316. The van der Waals surface area contributed by atoms with E-state index in [4.69, 9.17) is 0 Å². The molecule has 0 spiro atoms. The van der Waals surface area contributed by atoms with Crippen LogP contribution in [0.1, 0.15) is 22.3 Å². The normalized spacial score (nSPS) is 17.5. The first kappa shape index (κ1) is 17.5. The number of carbonyl (C=O) groups excluding carboxylic acids is 1. The van der Waals surface area contributed by atoms with Gasteiger partial charge in [0.1, 0.15) is 0 Å². The van der Waals surface area contributed by atoms with Crippen molar-refractivity contribution in [1.82, 2.24) is 10.2 Å². The number of likely N-dealkylation sites (N-methyl/N-ethyl adjacent to an activating group) is 1. The van der Waals surface area contributed by atoms with E-state index in [0.717, 1.165) is 37.2 Å². The number of alkyl halides is 3. The molecular formula is C19H19F3N2O. The van der Waals surface area contributed by atoms with E-state index >= 15 is 0 Å². The Morgan fingerprint density at radius 2 is 1.60 bits per heavy atom. The maximum absolute atomic E-state index is 12.6. The molecule has 3 nitrogen and oxygen atoms in total. The third kappa shape index (κ3) is 3.85. The predicted molar refractivity (Wildman–Crippen MR) is 90.2 cm³/mol. The maximum atomic E-state index is 12.6. The summed E-state index contributed by atoms with van der Waals surface area (Å²) < 4.78 is 37.9. The molecule has 0 unspecified atom stereocenters. The Bertz CT molecular complexity index is 733. The number of hydrogen-bond donors (Lipinski definition) is 1. The van der Waals surface area contributed by atoms with E-state index in [1.165, 1.54) is 12.1 Å². The van der Waals surface area contributed by atoms with E-state index in [1.807, 2.05) is 0 Å². The van der Waals surface area contributed by atoms with Crippen molar-refractivity contribution in [3.63, 3.8) is 0 Å². The van der Waals surface area contributed by atoms with E-state index in [0.29, 0.717) is 11.1 Å². The van der Waals surface area contributed by atoms with Crippen LogP contribution in [0, 0.1) is 0 Å². The van der Waals surface area contributed by atoms with Crippen molar-refractivity contribution in [2.24, 2.45) is 0 Å². The highest BCUT2D eigenvalue weighted by atomic mass is 19.4. The molecule has 1 fully saturated rings. The molecule has 1 amide bonds. The fourth-order valence-corrected chi connectivity index (χ4v) is 3.00. The summed E-state index contributed by atoms with van der Waals surface area (Å²) in [6.07, 6.45) is -3.40. The van der Waals surface area contributed by atoms with Crippen LogP contribution in [0.3, 0.4) is 0 Å². The summed E-state index contributed by atoms with van der Waals surface area (Å²) >= 11 is 0. The molecular weight excluding hydrogens is 329 g/mol. The Morgan fingerprint density at radius 3 is 2.08 bits per heavy atom. The lowest BCUT2D eigenvalue weighted by molar-refractivity contribution is -0.137. The van der Waals surface area contributed by atoms with Crippen LogP contribution in [0.25, 0.3) is 11.1 Å². The second-order valence-electron chi connectivity index (χ2n) is 6.22. The first-order chi connectivity index (χ1) is 11.9. The van der Waals surface area contributed by atoms with Crippen LogP contribution in [0.5, 0.6) is 0 Å². The van der Waals surface area contributed by atoms with Crippen LogP contribution in [-0.4, -0.2) is 37.0 Å². The van der Waals surface area contributed by atoms with Crippen LogP contribution >= 0.6 is 0 Å². The largest absolute Gasteiger partial charge is 0.416 e. The Kier molecular flexibility index (Phi) is 4.81. The lowest BCUT2D eigenvalue weighted by Crippen LogP contribution is -2.38. The summed E-state index contributed by atoms with van der Waals surface area (Å²) in [5.41, 5.74) is 1.36. The van der Waals surface area contributed by atoms with E-state index in [-0.39, 0.29) is 11.9 Å². The molecule has 25 heavy (non-hydrogen) atoms. The SMILES string of the molecule is CN(C(=O)c1ccc(-c2ccc(C(F)(F)F)cc2)cc1)[C@H]1CCNC1. The minimum atomic E-state index is -4.34. The summed E-state index contributed by atoms with van der Waals surface area (Å²) in [6, 6.07) is 12.2. The standard InChI is InChI=1S/C19H19F3N2O/c1-24(17-10-11-23-12-17)18(25)15-4-2-13(3-5-15)14-6-8-16(9-7-14)19(20,21)22/h2-9,17,23H,10-12H2,1H3/t17-/m0/s1. The van der Waals surface area contributed by atoms with Gasteiger partial charge in [0.15, 0.2) is 0 Å². The van der Waals surface area contributed by atoms with Gasteiger partial charge in [0.25, 0.3) is 5.91 Å². The van der Waals surface area contributed by atoms with Gasteiger partial charge in [-0.25, -0.2) is 0 Å². The van der Waals surface area contributed by atoms with Crippen LogP contribution in [0.15, 0.2) is 48.5 Å². The highest BCUT2D eigenvalue weighted by Crippen LogP contribution is 2.31. The van der Waals surface area contributed by atoms with Gasteiger partial charge in [-0.05, 0) is 48.4 Å². The van der Waals surface area contributed by atoms with Crippen molar-refractivity contribution in [1.29, 1.82) is 0 Å². The van der Waals surface area contributed by atoms with Gasteiger partial charge >= 0.3 is 6.18 Å². The highest BCUT2D eigenvalue weighted by Gasteiger charge is 2.30. The van der Waals surface area contributed by atoms with Gasteiger partial charge in [-0.1, -0.05) is 24.3 Å². The Balaban J connectivity index is 1.74. The van der Waals surface area contributed by atoms with Gasteiger partial charge in [-0.15, -0.1) is 0 Å². The molecule has 1 aliphatic heterocycles. The summed E-state index contributed by atoms with van der Waals surface area (Å²) in [5, 5.41) is 3.23. The monoisotopic (exact) mass is 348 g/mol. The molecule has 3 rings (SSSR count). The van der Waals surface area contributed by atoms with Crippen LogP contribution in [-0.2, 0) is 6.18 Å². The van der Waals surface area contributed by atoms with E-state index in [9.17, 15) is 18.0 Å². The smallest absolute Gasteiger partial charge is 0.337 e. The molecule has 0 bridgehead atoms. The second-order valence-corrected chi connectivity index (χ2v) is 6.22. The molecule has 6 heteroatoms. The number of rotatable bonds is 3. The minimum absolute atomic E-state index is 0.0485. The van der Waals surface area contributed by atoms with Crippen LogP contribution in [0.4, 0.5) is 13.2 Å². The van der Waals surface area contributed by atoms with Gasteiger partial charge in [0.2, 0.25) is 0 Å². The summed E-state index contributed by atoms with van der Waals surface area (Å²) in [7, 11) is 1.80. The van der Waals surface area contributed by atoms with Gasteiger partial charge in [0.05, 0.1) is 5.56 Å². The van der Waals surface area contributed by atoms with Crippen molar-refractivity contribution < 1.29 is 18.0 Å². The Hall–Kier alpha value is -2.34. The number of nitrogens with one attached hydrogen (secondary N) is 1. The number of halogens is 3. The van der Waals surface area contributed by atoms with Crippen LogP contribution in [0.2, 0.25) is 0 Å². The molecule has 0 radical (unpaired) electrons. The zero-order chi connectivity index (χ0) is 18.0. The third-order valence-corrected chi connectivity index (χ3v) is 4.58. The van der Waals surface area contributed by atoms with Gasteiger partial charge in [-0.3, -0.25) is 4.79 Å². The Morgan fingerprint density at radius 1 is 1.04 bits per heavy atom. The summed E-state index contributed by atoms with van der Waals surface area (Å²) in [5.74, 6) is -0.0485. The average Bonchev–Trinajstić information content (AvgIpc) is 3.14. The summed E-state index contributed by atoms with van der Waals surface area (Å²) in [4.78, 5) is 14.3. The molecule has 0 aliphatic carbocycles. The molecule has 1 saturated heterocycles. The van der Waals surface area contributed by atoms with Gasteiger partial charge in [-0.2, -0.15) is 13.2 Å². The molecule has 1 aliphatic rings. The summed E-state index contributed by atoms with van der Waals surface area (Å²) in [6.45, 7) is 1.71. The van der Waals surface area contributed by atoms with Gasteiger partial charge in [0, 0.05) is 25.2 Å². The van der Waals surface area contributed by atoms with E-state index in [1.54, 1.807) is 36.2 Å². The molecule has 1 heterocycles. The lowest BCUT2D eigenvalue weighted by Gasteiger charge is -2.23. The predicted octanol–water partition coefficient (Wildman–Crippen LogP) is 3.81. The number of carbonyl (C=O) groups is 1. The zero-order valence-electron chi connectivity index (χ0n) is 13.8. The highest BCUT2D eigenvalue weighted by molar-refractivity contribution is 5.94. The van der Waals surface area contributed by atoms with E-state index in [2.05, 4.69) is 5.32 Å². The van der Waals surface area contributed by atoms with Crippen molar-refractivity contribution in [3.05, 3.63) is 59.7 Å². The Labute approximate surface area is 144 Å². The topological polar surface area (TPSA) is 32.3 Å². The quantitative estimate of drug-likeness (QED) is 0.915. The maximum Gasteiger partial charge on any atom is 0.416 e. The first-order valence-electron chi connectivity index (χ1n) is 8.12. The molecule has 2 aromatic rings. The number of amides is 1. The molecule has 1 atom stereocenters. The zero-order valence-corrected chi connectivity index (χ0v) is 13.8. The van der Waals surface area contributed by atoms with Crippen molar-refractivity contribution in [2.45, 2.75) is 18.6 Å². The van der Waals surface area contributed by atoms with Crippen molar-refractivity contribution in [3.8, 4) is 11.1 Å². The molecule has 0 aromatic heterocycles. The number of nitrogens with zero attached hydrogens (tertiary/aromatic N) is 1. The van der Waals surface area contributed by atoms with Crippen molar-refractivity contribution >= 4 is 5.91 Å². The number of benzene rings is 2. The lowest BCUT2D eigenvalue weighted by atomic mass is 10.0. The number of hydrogen-bond acceptors (Lipinski definition) is 2. The molecule has 2 aromatic carbocycles. The van der Waals surface area contributed by atoms with Crippen LogP contribution < -0.4 is 5.32 Å². The third-order valence-electron chi connectivity index (χ3n) is 4.58. The molecule has 132 valence electrons. The molecule has 1 N–H and O–H groups in total. The van der Waals surface area contributed by atoms with Crippen molar-refractivity contribution in [2.75, 3.05) is 20.1 Å². The second kappa shape index (κ2) is 6.88. The average molecular weight is 348 g/mol. The first-order valence-corrected chi connectivity index (χ1v) is 8.12. The van der Waals surface area contributed by atoms with Gasteiger partial charge < -0.3 is 10.2 Å². The molecule has 0 saturated carbocycles. The van der Waals surface area contributed by atoms with E-state index < -0.39 is 11.7 Å². The minimum Gasteiger partial charge on any atom is -0.337 e. The fourth-order valence-electron chi connectivity index (χ4n) is 3.00.